The van der Waals surface area contributed by atoms with E-state index >= 15 is 0 Å². The molecule has 1 N–H and O–H groups in total. The molecule has 0 aliphatic rings. The molecular weight excluding hydrogens is 294 g/mol. The summed E-state index contributed by atoms with van der Waals surface area (Å²) in [5, 5.41) is 2.84. The fourth-order valence-corrected chi connectivity index (χ4v) is 2.12. The molecule has 0 heterocycles. The van der Waals surface area contributed by atoms with Gasteiger partial charge in [0, 0.05) is 6.54 Å². The standard InChI is InChI=1S/C18H21NO4/c1-13-9-16(21-2)17(22-3)10-14(13)11-19-18(20)12-23-15-7-5-4-6-8-15/h4-10H,11-12H2,1-3H3,(H,19,20). The van der Waals surface area contributed by atoms with Crippen LogP contribution < -0.4 is 19.5 Å². The Balaban J connectivity index is 1.91. The summed E-state index contributed by atoms with van der Waals surface area (Å²) in [5.41, 5.74) is 1.99. The summed E-state index contributed by atoms with van der Waals surface area (Å²) in [4.78, 5) is 11.9. The number of nitrogens with one attached hydrogen (secondary N) is 1. The van der Waals surface area contributed by atoms with Crippen molar-refractivity contribution >= 4 is 5.91 Å². The number of hydrogen-bond donors (Lipinski definition) is 1. The Bertz CT molecular complexity index is 656. The number of carbonyl (C=O) groups excluding carboxylic acids is 1. The quantitative estimate of drug-likeness (QED) is 0.853. The largest absolute Gasteiger partial charge is 0.493 e. The molecule has 0 atom stereocenters. The number of amides is 1. The van der Waals surface area contributed by atoms with Gasteiger partial charge in [-0.2, -0.15) is 0 Å². The van der Waals surface area contributed by atoms with Crippen LogP contribution in [0.25, 0.3) is 0 Å². The molecule has 0 bridgehead atoms. The second-order valence-electron chi connectivity index (χ2n) is 5.01. The van der Waals surface area contributed by atoms with Gasteiger partial charge in [-0.25, -0.2) is 0 Å². The summed E-state index contributed by atoms with van der Waals surface area (Å²) < 4.78 is 15.9. The van der Waals surface area contributed by atoms with Gasteiger partial charge < -0.3 is 19.5 Å². The number of para-hydroxylation sites is 1. The summed E-state index contributed by atoms with van der Waals surface area (Å²) >= 11 is 0. The summed E-state index contributed by atoms with van der Waals surface area (Å²) in [5.74, 6) is 1.81. The number of aryl methyl sites for hydroxylation is 1. The zero-order valence-corrected chi connectivity index (χ0v) is 13.6. The number of benzene rings is 2. The third-order valence-corrected chi connectivity index (χ3v) is 3.43. The number of hydrogen-bond acceptors (Lipinski definition) is 4. The first-order valence-corrected chi connectivity index (χ1v) is 7.30. The Morgan fingerprint density at radius 2 is 1.70 bits per heavy atom. The minimum atomic E-state index is -0.178. The van der Waals surface area contributed by atoms with Crippen LogP contribution in [0.2, 0.25) is 0 Å². The van der Waals surface area contributed by atoms with Gasteiger partial charge in [-0.05, 0) is 42.3 Å². The highest BCUT2D eigenvalue weighted by Crippen LogP contribution is 2.30. The van der Waals surface area contributed by atoms with Crippen LogP contribution in [-0.2, 0) is 11.3 Å². The molecule has 0 unspecified atom stereocenters. The van der Waals surface area contributed by atoms with Gasteiger partial charge in [0.1, 0.15) is 5.75 Å². The van der Waals surface area contributed by atoms with Crippen molar-refractivity contribution in [2.45, 2.75) is 13.5 Å². The Hall–Kier alpha value is -2.69. The molecule has 1 amide bonds. The maximum atomic E-state index is 11.9. The van der Waals surface area contributed by atoms with E-state index < -0.39 is 0 Å². The highest BCUT2D eigenvalue weighted by Gasteiger charge is 2.10. The van der Waals surface area contributed by atoms with Gasteiger partial charge in [0.15, 0.2) is 18.1 Å². The lowest BCUT2D eigenvalue weighted by Gasteiger charge is -2.13. The zero-order valence-electron chi connectivity index (χ0n) is 13.6. The Kier molecular flexibility index (Phi) is 5.86. The van der Waals surface area contributed by atoms with Crippen LogP contribution in [0.15, 0.2) is 42.5 Å². The van der Waals surface area contributed by atoms with Crippen LogP contribution in [-0.4, -0.2) is 26.7 Å². The maximum Gasteiger partial charge on any atom is 0.258 e. The van der Waals surface area contributed by atoms with Crippen molar-refractivity contribution in [3.8, 4) is 17.2 Å². The average molecular weight is 315 g/mol. The summed E-state index contributed by atoms with van der Waals surface area (Å²) in [7, 11) is 3.18. The molecule has 0 aromatic heterocycles. The SMILES string of the molecule is COc1cc(C)c(CNC(=O)COc2ccccc2)cc1OC. The lowest BCUT2D eigenvalue weighted by Crippen LogP contribution is -2.28. The molecule has 5 heteroatoms. The van der Waals surface area contributed by atoms with Crippen molar-refractivity contribution in [3.05, 3.63) is 53.6 Å². The minimum Gasteiger partial charge on any atom is -0.493 e. The molecule has 0 aliphatic heterocycles. The normalized spacial score (nSPS) is 10.0. The van der Waals surface area contributed by atoms with Gasteiger partial charge in [-0.3, -0.25) is 4.79 Å². The van der Waals surface area contributed by atoms with Crippen molar-refractivity contribution in [1.29, 1.82) is 0 Å². The van der Waals surface area contributed by atoms with Crippen molar-refractivity contribution in [3.63, 3.8) is 0 Å². The number of methoxy groups -OCH3 is 2. The monoisotopic (exact) mass is 315 g/mol. The topological polar surface area (TPSA) is 56.8 Å². The molecule has 23 heavy (non-hydrogen) atoms. The molecule has 0 radical (unpaired) electrons. The number of carbonyl (C=O) groups is 1. The highest BCUT2D eigenvalue weighted by molar-refractivity contribution is 5.77. The first-order chi connectivity index (χ1) is 11.1. The zero-order chi connectivity index (χ0) is 16.7. The first kappa shape index (κ1) is 16.7. The smallest absolute Gasteiger partial charge is 0.258 e. The van der Waals surface area contributed by atoms with Gasteiger partial charge >= 0.3 is 0 Å². The molecule has 0 fully saturated rings. The van der Waals surface area contributed by atoms with Gasteiger partial charge in [0.25, 0.3) is 5.91 Å². The van der Waals surface area contributed by atoms with Crippen molar-refractivity contribution in [2.75, 3.05) is 20.8 Å². The third kappa shape index (κ3) is 4.64. The molecule has 2 aromatic rings. The van der Waals surface area contributed by atoms with Crippen LogP contribution in [0.4, 0.5) is 0 Å². The molecular formula is C18H21NO4. The Morgan fingerprint density at radius 3 is 2.35 bits per heavy atom. The highest BCUT2D eigenvalue weighted by atomic mass is 16.5. The van der Waals surface area contributed by atoms with Gasteiger partial charge in [-0.15, -0.1) is 0 Å². The lowest BCUT2D eigenvalue weighted by atomic mass is 10.1. The minimum absolute atomic E-state index is 0.0175. The van der Waals surface area contributed by atoms with Crippen LogP contribution >= 0.6 is 0 Å². The summed E-state index contributed by atoms with van der Waals surface area (Å²) in [6.07, 6.45) is 0. The van der Waals surface area contributed by atoms with Crippen LogP contribution in [0, 0.1) is 6.92 Å². The predicted octanol–water partition coefficient (Wildman–Crippen LogP) is 2.71. The fourth-order valence-electron chi connectivity index (χ4n) is 2.12. The predicted molar refractivity (Wildman–Crippen MR) is 88.1 cm³/mol. The van der Waals surface area contributed by atoms with Gasteiger partial charge in [-0.1, -0.05) is 18.2 Å². The van der Waals surface area contributed by atoms with Gasteiger partial charge in [0.2, 0.25) is 0 Å². The molecule has 0 saturated heterocycles. The number of ether oxygens (including phenoxy) is 3. The second kappa shape index (κ2) is 8.08. The Morgan fingerprint density at radius 1 is 1.04 bits per heavy atom. The van der Waals surface area contributed by atoms with Crippen molar-refractivity contribution < 1.29 is 19.0 Å². The van der Waals surface area contributed by atoms with Crippen molar-refractivity contribution in [2.24, 2.45) is 0 Å². The molecule has 2 aromatic carbocycles. The van der Waals surface area contributed by atoms with Crippen LogP contribution in [0.5, 0.6) is 17.2 Å². The lowest BCUT2D eigenvalue weighted by molar-refractivity contribution is -0.123. The van der Waals surface area contributed by atoms with E-state index in [1.165, 1.54) is 0 Å². The molecule has 2 rings (SSSR count). The molecule has 122 valence electrons. The van der Waals surface area contributed by atoms with E-state index in [-0.39, 0.29) is 12.5 Å². The van der Waals surface area contributed by atoms with E-state index in [0.29, 0.717) is 23.8 Å². The molecule has 0 spiro atoms. The Labute approximate surface area is 136 Å². The number of rotatable bonds is 7. The first-order valence-electron chi connectivity index (χ1n) is 7.30. The van der Waals surface area contributed by atoms with E-state index in [1.54, 1.807) is 14.2 Å². The third-order valence-electron chi connectivity index (χ3n) is 3.43. The second-order valence-corrected chi connectivity index (χ2v) is 5.01. The van der Waals surface area contributed by atoms with Crippen LogP contribution in [0.3, 0.4) is 0 Å². The average Bonchev–Trinajstić information content (AvgIpc) is 2.59. The van der Waals surface area contributed by atoms with E-state index in [1.807, 2.05) is 49.4 Å². The van der Waals surface area contributed by atoms with Crippen molar-refractivity contribution in [1.82, 2.24) is 5.32 Å². The van der Waals surface area contributed by atoms with E-state index in [4.69, 9.17) is 14.2 Å². The molecule has 5 nitrogen and oxygen atoms in total. The maximum absolute atomic E-state index is 11.9. The molecule has 0 aliphatic carbocycles. The van der Waals surface area contributed by atoms with Gasteiger partial charge in [0.05, 0.1) is 14.2 Å². The molecule has 0 saturated carbocycles. The van der Waals surface area contributed by atoms with Crippen LogP contribution in [0.1, 0.15) is 11.1 Å². The van der Waals surface area contributed by atoms with E-state index in [9.17, 15) is 4.79 Å². The fraction of sp³-hybridized carbons (Fsp3) is 0.278. The summed E-state index contributed by atoms with van der Waals surface area (Å²) in [6, 6.07) is 13.0. The van der Waals surface area contributed by atoms with E-state index in [0.717, 1.165) is 11.1 Å². The van der Waals surface area contributed by atoms with E-state index in [2.05, 4.69) is 5.32 Å². The summed E-state index contributed by atoms with van der Waals surface area (Å²) in [6.45, 7) is 2.35.